The number of anilines is 1. The van der Waals surface area contributed by atoms with Crippen LogP contribution in [-0.4, -0.2) is 36.3 Å². The number of hydrogen-bond acceptors (Lipinski definition) is 5. The van der Waals surface area contributed by atoms with Gasteiger partial charge in [0.05, 0.1) is 18.7 Å². The zero-order valence-corrected chi connectivity index (χ0v) is 11.8. The lowest BCUT2D eigenvalue weighted by Crippen LogP contribution is -2.37. The van der Waals surface area contributed by atoms with E-state index in [1.54, 1.807) is 0 Å². The van der Waals surface area contributed by atoms with Crippen LogP contribution in [0.15, 0.2) is 30.5 Å². The van der Waals surface area contributed by atoms with E-state index in [0.717, 1.165) is 43.2 Å². The summed E-state index contributed by atoms with van der Waals surface area (Å²) in [5, 5.41) is 1.08. The molecule has 1 saturated heterocycles. The van der Waals surface area contributed by atoms with Crippen molar-refractivity contribution in [2.24, 2.45) is 0 Å². The zero-order chi connectivity index (χ0) is 13.5. The standard InChI is InChI=1S/C12H13N3O.ClOP/c1-2-4-11-10(3-1)9-13-12(14-11)15-5-7-16-8-6-15;1-3-2/h1-4,9H,5-8H2;. The van der Waals surface area contributed by atoms with Crippen LogP contribution in [0.25, 0.3) is 10.9 Å². The molecular weight excluding hydrogens is 285 g/mol. The fraction of sp³-hybridized carbons (Fsp3) is 0.333. The number of rotatable bonds is 1. The van der Waals surface area contributed by atoms with Gasteiger partial charge in [0.2, 0.25) is 5.95 Å². The SMILES string of the molecule is O=PCl.c1ccc2nc(N3CCOCC3)ncc2c1. The highest BCUT2D eigenvalue weighted by Gasteiger charge is 2.13. The third kappa shape index (κ3) is 3.83. The number of fused-ring (bicyclic) bond motifs is 1. The number of halogens is 1. The molecule has 2 heterocycles. The fourth-order valence-electron chi connectivity index (χ4n) is 1.88. The first kappa shape index (κ1) is 14.1. The van der Waals surface area contributed by atoms with E-state index < -0.39 is 0 Å². The average Bonchev–Trinajstić information content (AvgIpc) is 2.48. The van der Waals surface area contributed by atoms with Crippen molar-refractivity contribution in [2.75, 3.05) is 31.2 Å². The number of nitrogens with zero attached hydrogens (tertiary/aromatic N) is 3. The Morgan fingerprint density at radius 1 is 1.26 bits per heavy atom. The van der Waals surface area contributed by atoms with Gasteiger partial charge in [-0.05, 0) is 17.3 Å². The second kappa shape index (κ2) is 7.34. The second-order valence-corrected chi connectivity index (χ2v) is 4.45. The maximum Gasteiger partial charge on any atom is 0.267 e. The summed E-state index contributed by atoms with van der Waals surface area (Å²) in [6.45, 7) is 3.27. The van der Waals surface area contributed by atoms with Crippen molar-refractivity contribution in [3.8, 4) is 0 Å². The van der Waals surface area contributed by atoms with Crippen LogP contribution in [-0.2, 0) is 9.30 Å². The molecule has 0 atom stereocenters. The summed E-state index contributed by atoms with van der Waals surface area (Å²) in [4.78, 5) is 11.1. The highest BCUT2D eigenvalue weighted by Crippen LogP contribution is 2.15. The van der Waals surface area contributed by atoms with E-state index >= 15 is 0 Å². The van der Waals surface area contributed by atoms with Crippen LogP contribution in [0, 0.1) is 0 Å². The van der Waals surface area contributed by atoms with Crippen molar-refractivity contribution in [1.29, 1.82) is 0 Å². The van der Waals surface area contributed by atoms with Gasteiger partial charge in [-0.15, -0.1) is 0 Å². The molecule has 0 bridgehead atoms. The molecule has 5 nitrogen and oxygen atoms in total. The molecule has 100 valence electrons. The molecule has 0 saturated carbocycles. The largest absolute Gasteiger partial charge is 0.378 e. The number of aromatic nitrogens is 2. The van der Waals surface area contributed by atoms with Gasteiger partial charge in [0, 0.05) is 24.7 Å². The molecule has 0 unspecified atom stereocenters. The Balaban J connectivity index is 0.000000408. The van der Waals surface area contributed by atoms with Gasteiger partial charge in [-0.3, -0.25) is 4.57 Å². The van der Waals surface area contributed by atoms with Gasteiger partial charge in [-0.1, -0.05) is 18.2 Å². The van der Waals surface area contributed by atoms with Crippen molar-refractivity contribution in [3.63, 3.8) is 0 Å². The molecule has 1 aromatic heterocycles. The molecule has 0 radical (unpaired) electrons. The van der Waals surface area contributed by atoms with Gasteiger partial charge in [-0.25, -0.2) is 9.97 Å². The zero-order valence-electron chi connectivity index (χ0n) is 10.2. The van der Waals surface area contributed by atoms with Gasteiger partial charge in [-0.2, -0.15) is 0 Å². The maximum atomic E-state index is 8.67. The normalized spacial score (nSPS) is 15.1. The van der Waals surface area contributed by atoms with Crippen molar-refractivity contribution in [1.82, 2.24) is 9.97 Å². The Morgan fingerprint density at radius 3 is 2.68 bits per heavy atom. The van der Waals surface area contributed by atoms with Crippen LogP contribution < -0.4 is 4.90 Å². The molecule has 0 N–H and O–H groups in total. The first-order chi connectivity index (χ1) is 9.35. The molecule has 0 aliphatic carbocycles. The number of hydrogen-bond donors (Lipinski definition) is 0. The first-order valence-corrected chi connectivity index (χ1v) is 7.55. The summed E-state index contributed by atoms with van der Waals surface area (Å²) >= 11 is 4.42. The lowest BCUT2D eigenvalue weighted by molar-refractivity contribution is 0.122. The van der Waals surface area contributed by atoms with Crippen LogP contribution in [0.1, 0.15) is 0 Å². The van der Waals surface area contributed by atoms with E-state index in [1.165, 1.54) is 0 Å². The summed E-state index contributed by atoms with van der Waals surface area (Å²) in [7, 11) is -0.361. The summed E-state index contributed by atoms with van der Waals surface area (Å²) < 4.78 is 14.0. The Labute approximate surface area is 117 Å². The number of morpholine rings is 1. The molecular formula is C12H13ClN3O2P. The average molecular weight is 298 g/mol. The third-order valence-electron chi connectivity index (χ3n) is 2.77. The second-order valence-electron chi connectivity index (χ2n) is 3.90. The molecule has 7 heteroatoms. The third-order valence-corrected chi connectivity index (χ3v) is 2.77. The van der Waals surface area contributed by atoms with Crippen LogP contribution in [0.4, 0.5) is 5.95 Å². The van der Waals surface area contributed by atoms with Crippen LogP contribution in [0.5, 0.6) is 0 Å². The molecule has 19 heavy (non-hydrogen) atoms. The minimum atomic E-state index is -0.361. The van der Waals surface area contributed by atoms with E-state index in [-0.39, 0.29) is 7.81 Å². The molecule has 1 aliphatic heterocycles. The van der Waals surface area contributed by atoms with Crippen molar-refractivity contribution >= 4 is 35.9 Å². The minimum Gasteiger partial charge on any atom is -0.378 e. The van der Waals surface area contributed by atoms with E-state index in [1.807, 2.05) is 30.5 Å². The predicted molar refractivity (Wildman–Crippen MR) is 76.0 cm³/mol. The van der Waals surface area contributed by atoms with E-state index in [2.05, 4.69) is 26.1 Å². The Hall–Kier alpha value is -1.29. The highest BCUT2D eigenvalue weighted by molar-refractivity contribution is 7.57. The topological polar surface area (TPSA) is 55.3 Å². The molecule has 2 aromatic rings. The van der Waals surface area contributed by atoms with E-state index in [0.29, 0.717) is 0 Å². The lowest BCUT2D eigenvalue weighted by Gasteiger charge is -2.26. The van der Waals surface area contributed by atoms with Gasteiger partial charge in [0.1, 0.15) is 0 Å². The van der Waals surface area contributed by atoms with Crippen LogP contribution in [0.2, 0.25) is 0 Å². The maximum absolute atomic E-state index is 8.67. The predicted octanol–water partition coefficient (Wildman–Crippen LogP) is 2.90. The number of para-hydroxylation sites is 1. The molecule has 1 fully saturated rings. The van der Waals surface area contributed by atoms with Crippen LogP contribution in [0.3, 0.4) is 0 Å². The summed E-state index contributed by atoms with van der Waals surface area (Å²) in [5.74, 6) is 0.807. The summed E-state index contributed by atoms with van der Waals surface area (Å²) in [6.07, 6.45) is 1.88. The van der Waals surface area contributed by atoms with Crippen LogP contribution >= 0.6 is 19.1 Å². The Kier molecular flexibility index (Phi) is 5.45. The quantitative estimate of drug-likeness (QED) is 0.758. The summed E-state index contributed by atoms with van der Waals surface area (Å²) in [6, 6.07) is 8.04. The Morgan fingerprint density at radius 2 is 1.95 bits per heavy atom. The molecule has 1 aromatic carbocycles. The van der Waals surface area contributed by atoms with E-state index in [4.69, 9.17) is 9.30 Å². The monoisotopic (exact) mass is 297 g/mol. The number of ether oxygens (including phenoxy) is 1. The van der Waals surface area contributed by atoms with Crippen molar-refractivity contribution in [3.05, 3.63) is 30.5 Å². The van der Waals surface area contributed by atoms with Crippen molar-refractivity contribution < 1.29 is 9.30 Å². The summed E-state index contributed by atoms with van der Waals surface area (Å²) in [5.41, 5.74) is 0.999. The van der Waals surface area contributed by atoms with Gasteiger partial charge in [0.25, 0.3) is 7.81 Å². The number of benzene rings is 1. The first-order valence-electron chi connectivity index (χ1n) is 5.83. The minimum absolute atomic E-state index is 0.361. The Bertz CT molecular complexity index is 549. The van der Waals surface area contributed by atoms with E-state index in [9.17, 15) is 0 Å². The smallest absolute Gasteiger partial charge is 0.267 e. The lowest BCUT2D eigenvalue weighted by atomic mass is 10.2. The highest BCUT2D eigenvalue weighted by atomic mass is 35.7. The molecule has 0 spiro atoms. The van der Waals surface area contributed by atoms with Gasteiger partial charge in [0.15, 0.2) is 0 Å². The fourth-order valence-corrected chi connectivity index (χ4v) is 1.88. The molecule has 1 aliphatic rings. The molecule has 0 amide bonds. The van der Waals surface area contributed by atoms with Gasteiger partial charge < -0.3 is 9.64 Å². The molecule has 3 rings (SSSR count). The van der Waals surface area contributed by atoms with Crippen molar-refractivity contribution in [2.45, 2.75) is 0 Å². The van der Waals surface area contributed by atoms with Gasteiger partial charge >= 0.3 is 0 Å².